The predicted octanol–water partition coefficient (Wildman–Crippen LogP) is -1.84. The van der Waals surface area contributed by atoms with Crippen LogP contribution in [0.15, 0.2) is 0 Å². The molecular formula is C7H14N2O3. The fraction of sp³-hybridized carbons (Fsp3) is 0.857. The van der Waals surface area contributed by atoms with Crippen LogP contribution in [0.25, 0.3) is 0 Å². The van der Waals surface area contributed by atoms with E-state index >= 15 is 0 Å². The Morgan fingerprint density at radius 3 is 2.67 bits per heavy atom. The van der Waals surface area contributed by atoms with Crippen molar-refractivity contribution in [2.24, 2.45) is 5.73 Å². The number of nitrogens with zero attached hydrogens (tertiary/aromatic N) is 1. The lowest BCUT2D eigenvalue weighted by atomic mass is 10.3. The number of aliphatic hydroxyl groups is 1. The van der Waals surface area contributed by atoms with Gasteiger partial charge in [-0.05, 0) is 0 Å². The van der Waals surface area contributed by atoms with Gasteiger partial charge in [0.05, 0.1) is 13.2 Å². The summed E-state index contributed by atoms with van der Waals surface area (Å²) < 4.78 is 5.06. The summed E-state index contributed by atoms with van der Waals surface area (Å²) in [7, 11) is 0. The monoisotopic (exact) mass is 174 g/mol. The van der Waals surface area contributed by atoms with Gasteiger partial charge >= 0.3 is 0 Å². The molecule has 0 saturated carbocycles. The molecule has 0 bridgehead atoms. The third kappa shape index (κ3) is 2.17. The minimum Gasteiger partial charge on any atom is -0.382 e. The molecule has 70 valence electrons. The maximum Gasteiger partial charge on any atom is 0.252 e. The van der Waals surface area contributed by atoms with Crippen LogP contribution in [0.1, 0.15) is 0 Å². The molecule has 5 heteroatoms. The van der Waals surface area contributed by atoms with E-state index in [4.69, 9.17) is 15.6 Å². The fourth-order valence-corrected chi connectivity index (χ4v) is 1.10. The molecule has 12 heavy (non-hydrogen) atoms. The molecule has 3 N–H and O–H groups in total. The summed E-state index contributed by atoms with van der Waals surface area (Å²) >= 11 is 0. The molecule has 1 rings (SSSR count). The summed E-state index contributed by atoms with van der Waals surface area (Å²) in [5.74, 6) is -0.291. The van der Waals surface area contributed by atoms with Crippen LogP contribution >= 0.6 is 0 Å². The quantitative estimate of drug-likeness (QED) is 0.516. The average Bonchev–Trinajstić information content (AvgIpc) is 2.17. The predicted molar refractivity (Wildman–Crippen MR) is 42.5 cm³/mol. The number of morpholine rings is 1. The topological polar surface area (TPSA) is 75.8 Å². The highest BCUT2D eigenvalue weighted by molar-refractivity contribution is 5.80. The van der Waals surface area contributed by atoms with Gasteiger partial charge in [-0.1, -0.05) is 0 Å². The molecule has 0 spiro atoms. The largest absolute Gasteiger partial charge is 0.382 e. The smallest absolute Gasteiger partial charge is 0.252 e. The van der Waals surface area contributed by atoms with Crippen molar-refractivity contribution >= 4 is 5.91 Å². The van der Waals surface area contributed by atoms with E-state index in [1.165, 1.54) is 0 Å². The molecule has 0 aromatic rings. The van der Waals surface area contributed by atoms with E-state index in [1.807, 2.05) is 0 Å². The zero-order valence-electron chi connectivity index (χ0n) is 6.90. The van der Waals surface area contributed by atoms with Gasteiger partial charge in [-0.25, -0.2) is 0 Å². The highest BCUT2D eigenvalue weighted by Gasteiger charge is 2.22. The van der Waals surface area contributed by atoms with E-state index in [0.29, 0.717) is 26.3 Å². The number of amides is 1. The SMILES string of the molecule is NC[C@@H](O)C(=O)N1CCOCC1. The standard InChI is InChI=1S/C7H14N2O3/c8-5-6(10)7(11)9-1-3-12-4-2-9/h6,10H,1-5,8H2/t6-/m1/s1. The van der Waals surface area contributed by atoms with Crippen LogP contribution in [0.5, 0.6) is 0 Å². The Bertz CT molecular complexity index is 157. The summed E-state index contributed by atoms with van der Waals surface area (Å²) in [6, 6.07) is 0. The Morgan fingerprint density at radius 1 is 1.58 bits per heavy atom. The molecule has 0 aromatic carbocycles. The van der Waals surface area contributed by atoms with Crippen LogP contribution in [0.3, 0.4) is 0 Å². The molecule has 0 radical (unpaired) electrons. The van der Waals surface area contributed by atoms with E-state index in [1.54, 1.807) is 4.90 Å². The number of carbonyl (C=O) groups excluding carboxylic acids is 1. The number of ether oxygens (including phenoxy) is 1. The summed E-state index contributed by atoms with van der Waals surface area (Å²) in [5, 5.41) is 9.12. The first kappa shape index (κ1) is 9.44. The van der Waals surface area contributed by atoms with Crippen molar-refractivity contribution in [2.45, 2.75) is 6.10 Å². The molecule has 1 saturated heterocycles. The first-order chi connectivity index (χ1) is 5.75. The Kier molecular flexibility index (Phi) is 3.46. The lowest BCUT2D eigenvalue weighted by Gasteiger charge is -2.28. The van der Waals surface area contributed by atoms with Gasteiger partial charge in [0.15, 0.2) is 0 Å². The Morgan fingerprint density at radius 2 is 2.17 bits per heavy atom. The van der Waals surface area contributed by atoms with E-state index in [0.717, 1.165) is 0 Å². The minimum absolute atomic E-state index is 0.0177. The third-order valence-corrected chi connectivity index (χ3v) is 1.83. The lowest BCUT2D eigenvalue weighted by Crippen LogP contribution is -2.47. The van der Waals surface area contributed by atoms with Crippen LogP contribution in [0.2, 0.25) is 0 Å². The number of hydrogen-bond acceptors (Lipinski definition) is 4. The van der Waals surface area contributed by atoms with Gasteiger partial charge in [0, 0.05) is 19.6 Å². The van der Waals surface area contributed by atoms with Crippen molar-refractivity contribution in [1.82, 2.24) is 4.90 Å². The molecule has 1 heterocycles. The van der Waals surface area contributed by atoms with Crippen molar-refractivity contribution < 1.29 is 14.6 Å². The van der Waals surface area contributed by atoms with Crippen LogP contribution in [0.4, 0.5) is 0 Å². The second-order valence-corrected chi connectivity index (χ2v) is 2.69. The Hall–Kier alpha value is -0.650. The first-order valence-electron chi connectivity index (χ1n) is 4.00. The second kappa shape index (κ2) is 4.39. The van der Waals surface area contributed by atoms with Crippen molar-refractivity contribution in [2.75, 3.05) is 32.8 Å². The number of hydrogen-bond donors (Lipinski definition) is 2. The Balaban J connectivity index is 2.39. The van der Waals surface area contributed by atoms with Gasteiger partial charge in [0.2, 0.25) is 0 Å². The van der Waals surface area contributed by atoms with Crippen LogP contribution in [-0.2, 0) is 9.53 Å². The van der Waals surface area contributed by atoms with Gasteiger partial charge in [-0.3, -0.25) is 4.79 Å². The van der Waals surface area contributed by atoms with Crippen molar-refractivity contribution in [3.8, 4) is 0 Å². The number of carbonyl (C=O) groups is 1. The van der Waals surface area contributed by atoms with Crippen LogP contribution in [0, 0.1) is 0 Å². The number of nitrogens with two attached hydrogens (primary N) is 1. The molecule has 5 nitrogen and oxygen atoms in total. The van der Waals surface area contributed by atoms with E-state index in [9.17, 15) is 4.79 Å². The fourth-order valence-electron chi connectivity index (χ4n) is 1.10. The third-order valence-electron chi connectivity index (χ3n) is 1.83. The molecule has 0 aliphatic carbocycles. The molecule has 0 unspecified atom stereocenters. The second-order valence-electron chi connectivity index (χ2n) is 2.69. The van der Waals surface area contributed by atoms with E-state index in [2.05, 4.69) is 0 Å². The summed E-state index contributed by atoms with van der Waals surface area (Å²) in [6.45, 7) is 2.17. The van der Waals surface area contributed by atoms with Gasteiger partial charge in [-0.2, -0.15) is 0 Å². The molecule has 1 aliphatic rings. The van der Waals surface area contributed by atoms with E-state index < -0.39 is 6.10 Å². The van der Waals surface area contributed by atoms with Gasteiger partial charge in [0.25, 0.3) is 5.91 Å². The highest BCUT2D eigenvalue weighted by Crippen LogP contribution is 1.99. The van der Waals surface area contributed by atoms with Crippen molar-refractivity contribution in [1.29, 1.82) is 0 Å². The lowest BCUT2D eigenvalue weighted by molar-refractivity contribution is -0.143. The van der Waals surface area contributed by atoms with Crippen molar-refractivity contribution in [3.63, 3.8) is 0 Å². The molecule has 1 amide bonds. The van der Waals surface area contributed by atoms with Gasteiger partial charge in [-0.15, -0.1) is 0 Å². The molecule has 1 aliphatic heterocycles. The Labute approximate surface area is 71.1 Å². The number of aliphatic hydroxyl groups excluding tert-OH is 1. The van der Waals surface area contributed by atoms with E-state index in [-0.39, 0.29) is 12.5 Å². The molecular weight excluding hydrogens is 160 g/mol. The maximum atomic E-state index is 11.3. The number of rotatable bonds is 2. The average molecular weight is 174 g/mol. The normalized spacial score (nSPS) is 20.7. The van der Waals surface area contributed by atoms with Crippen LogP contribution in [-0.4, -0.2) is 54.9 Å². The van der Waals surface area contributed by atoms with Gasteiger partial charge < -0.3 is 20.5 Å². The zero-order chi connectivity index (χ0) is 8.97. The zero-order valence-corrected chi connectivity index (χ0v) is 6.90. The van der Waals surface area contributed by atoms with Gasteiger partial charge in [0.1, 0.15) is 6.10 Å². The summed E-state index contributed by atoms with van der Waals surface area (Å²) in [4.78, 5) is 12.8. The first-order valence-corrected chi connectivity index (χ1v) is 4.00. The summed E-state index contributed by atoms with van der Waals surface area (Å²) in [5.41, 5.74) is 5.15. The minimum atomic E-state index is -1.05. The molecule has 1 fully saturated rings. The van der Waals surface area contributed by atoms with Crippen molar-refractivity contribution in [3.05, 3.63) is 0 Å². The summed E-state index contributed by atoms with van der Waals surface area (Å²) in [6.07, 6.45) is -1.05. The van der Waals surface area contributed by atoms with Crippen LogP contribution < -0.4 is 5.73 Å². The molecule has 0 aromatic heterocycles. The molecule has 1 atom stereocenters. The maximum absolute atomic E-state index is 11.3. The highest BCUT2D eigenvalue weighted by atomic mass is 16.5.